The van der Waals surface area contributed by atoms with Crippen LogP contribution in [-0.2, 0) is 9.53 Å². The largest absolute Gasteiger partial charge is 0.493 e. The highest BCUT2D eigenvalue weighted by atomic mass is 19.1. The van der Waals surface area contributed by atoms with Crippen LogP contribution in [-0.4, -0.2) is 33.2 Å². The molecule has 0 bridgehead atoms. The first-order chi connectivity index (χ1) is 12.5. The van der Waals surface area contributed by atoms with Gasteiger partial charge in [0, 0.05) is 0 Å². The van der Waals surface area contributed by atoms with Gasteiger partial charge in [-0.1, -0.05) is 18.2 Å². The number of carbonyl (C=O) groups is 2. The Morgan fingerprint density at radius 2 is 1.73 bits per heavy atom. The monoisotopic (exact) mass is 361 g/mol. The van der Waals surface area contributed by atoms with Gasteiger partial charge in [0.2, 0.25) is 0 Å². The van der Waals surface area contributed by atoms with E-state index in [9.17, 15) is 14.0 Å². The average Bonchev–Trinajstić information content (AvgIpc) is 2.66. The Labute approximate surface area is 150 Å². The lowest BCUT2D eigenvalue weighted by Crippen LogP contribution is -2.30. The fourth-order valence-electron chi connectivity index (χ4n) is 2.50. The van der Waals surface area contributed by atoms with Crippen LogP contribution in [0.15, 0.2) is 42.5 Å². The van der Waals surface area contributed by atoms with E-state index in [1.165, 1.54) is 45.6 Å². The van der Waals surface area contributed by atoms with Crippen molar-refractivity contribution in [3.05, 3.63) is 59.4 Å². The van der Waals surface area contributed by atoms with Gasteiger partial charge in [-0.05, 0) is 29.8 Å². The van der Waals surface area contributed by atoms with Gasteiger partial charge in [-0.15, -0.1) is 0 Å². The third-order valence-electron chi connectivity index (χ3n) is 3.82. The summed E-state index contributed by atoms with van der Waals surface area (Å²) < 4.78 is 28.3. The number of para-hydroxylation sites is 1. The number of ether oxygens (including phenoxy) is 3. The third-order valence-corrected chi connectivity index (χ3v) is 3.82. The quantitative estimate of drug-likeness (QED) is 0.768. The molecule has 0 spiro atoms. The molecular formula is C19H20FNO5. The summed E-state index contributed by atoms with van der Waals surface area (Å²) in [6, 6.07) is 9.75. The highest BCUT2D eigenvalue weighted by molar-refractivity contribution is 5.98. The van der Waals surface area contributed by atoms with Crippen LogP contribution in [0.5, 0.6) is 11.5 Å². The second kappa shape index (κ2) is 8.84. The minimum atomic E-state index is -0.688. The molecule has 2 rings (SSSR count). The summed E-state index contributed by atoms with van der Waals surface area (Å²) in [5.74, 6) is -0.683. The first kappa shape index (κ1) is 19.2. The predicted octanol–water partition coefficient (Wildman–Crippen LogP) is 2.88. The molecule has 0 heterocycles. The molecule has 1 atom stereocenters. The Bertz CT molecular complexity index is 776. The van der Waals surface area contributed by atoms with Crippen molar-refractivity contribution < 1.29 is 28.2 Å². The Morgan fingerprint density at radius 1 is 1.04 bits per heavy atom. The number of methoxy groups -OCH3 is 3. The minimum absolute atomic E-state index is 0.0971. The lowest BCUT2D eigenvalue weighted by atomic mass is 10.0. The highest BCUT2D eigenvalue weighted by Crippen LogP contribution is 2.31. The molecule has 2 aromatic rings. The number of rotatable bonds is 7. The Morgan fingerprint density at radius 3 is 2.31 bits per heavy atom. The molecule has 26 heavy (non-hydrogen) atoms. The number of hydrogen-bond donors (Lipinski definition) is 1. The zero-order valence-corrected chi connectivity index (χ0v) is 14.7. The number of benzene rings is 2. The number of halogens is 1. The maximum Gasteiger partial charge on any atom is 0.307 e. The van der Waals surface area contributed by atoms with E-state index in [1.807, 2.05) is 0 Å². The van der Waals surface area contributed by atoms with Crippen molar-refractivity contribution in [2.24, 2.45) is 0 Å². The van der Waals surface area contributed by atoms with E-state index in [2.05, 4.69) is 10.1 Å². The summed E-state index contributed by atoms with van der Waals surface area (Å²) in [6.45, 7) is 0. The summed E-state index contributed by atoms with van der Waals surface area (Å²) in [4.78, 5) is 24.5. The van der Waals surface area contributed by atoms with Gasteiger partial charge in [0.05, 0.1) is 39.4 Å². The number of nitrogens with one attached hydrogen (secondary N) is 1. The molecule has 0 radical (unpaired) electrons. The molecule has 2 aromatic carbocycles. The zero-order chi connectivity index (χ0) is 19.1. The van der Waals surface area contributed by atoms with Crippen molar-refractivity contribution in [1.82, 2.24) is 5.32 Å². The number of amides is 1. The molecule has 0 unspecified atom stereocenters. The van der Waals surface area contributed by atoms with E-state index >= 15 is 0 Å². The number of hydrogen-bond acceptors (Lipinski definition) is 5. The van der Waals surface area contributed by atoms with E-state index in [0.29, 0.717) is 11.3 Å². The molecule has 0 aliphatic heterocycles. The topological polar surface area (TPSA) is 73.9 Å². The van der Waals surface area contributed by atoms with E-state index < -0.39 is 23.7 Å². The van der Waals surface area contributed by atoms with Crippen LogP contribution in [0, 0.1) is 5.82 Å². The average molecular weight is 361 g/mol. The van der Waals surface area contributed by atoms with Crippen molar-refractivity contribution in [1.29, 1.82) is 0 Å². The van der Waals surface area contributed by atoms with Crippen LogP contribution >= 0.6 is 0 Å². The molecule has 1 amide bonds. The van der Waals surface area contributed by atoms with Crippen molar-refractivity contribution in [3.63, 3.8) is 0 Å². The van der Waals surface area contributed by atoms with Gasteiger partial charge in [-0.2, -0.15) is 0 Å². The van der Waals surface area contributed by atoms with Gasteiger partial charge in [0.1, 0.15) is 5.82 Å². The van der Waals surface area contributed by atoms with Crippen molar-refractivity contribution in [3.8, 4) is 11.5 Å². The van der Waals surface area contributed by atoms with Gasteiger partial charge in [0.15, 0.2) is 11.5 Å². The van der Waals surface area contributed by atoms with Crippen LogP contribution in [0.25, 0.3) is 0 Å². The Hall–Kier alpha value is -3.09. The fraction of sp³-hybridized carbons (Fsp3) is 0.263. The van der Waals surface area contributed by atoms with Crippen LogP contribution in [0.1, 0.15) is 28.4 Å². The molecule has 6 nitrogen and oxygen atoms in total. The van der Waals surface area contributed by atoms with Gasteiger partial charge in [-0.3, -0.25) is 9.59 Å². The summed E-state index contributed by atoms with van der Waals surface area (Å²) in [6.07, 6.45) is -0.0971. The molecule has 0 fully saturated rings. The standard InChI is InChI=1S/C19H20FNO5/c1-24-16-6-4-5-14(18(16)26-3)19(23)21-15(11-17(22)25-2)12-7-9-13(20)10-8-12/h4-10,15H,11H2,1-3H3,(H,21,23)/t15-/m0/s1. The van der Waals surface area contributed by atoms with E-state index in [4.69, 9.17) is 9.47 Å². The molecule has 0 aromatic heterocycles. The first-order valence-corrected chi connectivity index (χ1v) is 7.84. The van der Waals surface area contributed by atoms with Crippen molar-refractivity contribution in [2.75, 3.05) is 21.3 Å². The number of esters is 1. The Kier molecular flexibility index (Phi) is 6.54. The van der Waals surface area contributed by atoms with Gasteiger partial charge >= 0.3 is 5.97 Å². The third kappa shape index (κ3) is 4.50. The van der Waals surface area contributed by atoms with Crippen molar-refractivity contribution in [2.45, 2.75) is 12.5 Å². The first-order valence-electron chi connectivity index (χ1n) is 7.84. The van der Waals surface area contributed by atoms with E-state index in [1.54, 1.807) is 18.2 Å². The molecule has 1 N–H and O–H groups in total. The van der Waals surface area contributed by atoms with E-state index in [-0.39, 0.29) is 17.7 Å². The van der Waals surface area contributed by atoms with Gasteiger partial charge < -0.3 is 19.5 Å². The summed E-state index contributed by atoms with van der Waals surface area (Å²) in [5.41, 5.74) is 0.829. The maximum absolute atomic E-state index is 13.2. The second-order valence-electron chi connectivity index (χ2n) is 5.40. The smallest absolute Gasteiger partial charge is 0.307 e. The molecular weight excluding hydrogens is 341 g/mol. The molecule has 138 valence electrons. The van der Waals surface area contributed by atoms with Crippen LogP contribution in [0.4, 0.5) is 4.39 Å². The summed E-state index contributed by atoms with van der Waals surface area (Å²) >= 11 is 0. The molecule has 0 saturated carbocycles. The van der Waals surface area contributed by atoms with Crippen LogP contribution < -0.4 is 14.8 Å². The normalized spacial score (nSPS) is 11.4. The lowest BCUT2D eigenvalue weighted by Gasteiger charge is -2.19. The van der Waals surface area contributed by atoms with E-state index in [0.717, 1.165) is 0 Å². The van der Waals surface area contributed by atoms with Gasteiger partial charge in [-0.25, -0.2) is 4.39 Å². The summed E-state index contributed by atoms with van der Waals surface area (Å²) in [7, 11) is 4.16. The molecule has 0 saturated heterocycles. The Balaban J connectivity index is 2.31. The maximum atomic E-state index is 13.2. The lowest BCUT2D eigenvalue weighted by molar-refractivity contribution is -0.141. The second-order valence-corrected chi connectivity index (χ2v) is 5.40. The molecule has 0 aliphatic rings. The zero-order valence-electron chi connectivity index (χ0n) is 14.7. The molecule has 0 aliphatic carbocycles. The number of carbonyl (C=O) groups excluding carboxylic acids is 2. The van der Waals surface area contributed by atoms with Crippen LogP contribution in [0.2, 0.25) is 0 Å². The summed E-state index contributed by atoms with van der Waals surface area (Å²) in [5, 5.41) is 2.76. The minimum Gasteiger partial charge on any atom is -0.493 e. The van der Waals surface area contributed by atoms with Crippen molar-refractivity contribution >= 4 is 11.9 Å². The van der Waals surface area contributed by atoms with Crippen LogP contribution in [0.3, 0.4) is 0 Å². The SMILES string of the molecule is COC(=O)C[C@H](NC(=O)c1cccc(OC)c1OC)c1ccc(F)cc1. The molecule has 7 heteroatoms. The van der Waals surface area contributed by atoms with Gasteiger partial charge in [0.25, 0.3) is 5.91 Å². The highest BCUT2D eigenvalue weighted by Gasteiger charge is 2.23. The predicted molar refractivity (Wildman–Crippen MR) is 92.8 cm³/mol. The fourth-order valence-corrected chi connectivity index (χ4v) is 2.50.